The Morgan fingerprint density at radius 1 is 1.46 bits per heavy atom. The Balaban J connectivity index is 1.86. The highest BCUT2D eigenvalue weighted by atomic mass is 32.1. The minimum absolute atomic E-state index is 0.0999. The topological polar surface area (TPSA) is 79.7 Å². The fourth-order valence-corrected chi connectivity index (χ4v) is 4.58. The molecule has 6 nitrogen and oxygen atoms in total. The number of carbonyl (C=O) groups excluding carboxylic acids is 1. The smallest absolute Gasteiger partial charge is 0.355 e. The van der Waals surface area contributed by atoms with Crippen molar-refractivity contribution in [2.45, 2.75) is 70.6 Å². The number of thiazole rings is 1. The number of aromatic carboxylic acids is 1. The monoisotopic (exact) mass is 398 g/mol. The van der Waals surface area contributed by atoms with Crippen LogP contribution >= 0.6 is 11.3 Å². The average Bonchev–Trinajstić information content (AvgIpc) is 3.12. The zero-order chi connectivity index (χ0) is 19.5. The summed E-state index contributed by atoms with van der Waals surface area (Å²) >= 11 is 1.36. The molecule has 1 aromatic heterocycles. The number of nitrogens with zero attached hydrogens (tertiary/aromatic N) is 2. The van der Waals surface area contributed by atoms with Crippen molar-refractivity contribution >= 4 is 31.5 Å². The highest BCUT2D eigenvalue weighted by Gasteiger charge is 2.39. The Kier molecular flexibility index (Phi) is 6.63. The summed E-state index contributed by atoms with van der Waals surface area (Å²) in [6.07, 6.45) is 2.92. The van der Waals surface area contributed by atoms with Gasteiger partial charge in [-0.2, -0.15) is 0 Å². The molecular weight excluding hydrogens is 368 g/mol. The average molecular weight is 399 g/mol. The Morgan fingerprint density at radius 3 is 2.73 bits per heavy atom. The third-order valence-corrected chi connectivity index (χ3v) is 10.9. The van der Waals surface area contributed by atoms with Crippen LogP contribution in [0.2, 0.25) is 18.1 Å². The second kappa shape index (κ2) is 8.18. The summed E-state index contributed by atoms with van der Waals surface area (Å²) in [6.45, 7) is 12.4. The SMILES string of the molecule is CC(C)(C)[Si](C)(C)OCC1CCC(=O)N1CCCc1nc(C(=O)O)cs1. The van der Waals surface area contributed by atoms with Gasteiger partial charge in [0.1, 0.15) is 0 Å². The van der Waals surface area contributed by atoms with Crippen LogP contribution < -0.4 is 0 Å². The number of hydrogen-bond acceptors (Lipinski definition) is 5. The van der Waals surface area contributed by atoms with Crippen LogP contribution in [0.5, 0.6) is 0 Å². The summed E-state index contributed by atoms with van der Waals surface area (Å²) < 4.78 is 6.32. The van der Waals surface area contributed by atoms with Gasteiger partial charge in [-0.15, -0.1) is 11.3 Å². The lowest BCUT2D eigenvalue weighted by Crippen LogP contribution is -2.45. The number of hydrogen-bond donors (Lipinski definition) is 1. The van der Waals surface area contributed by atoms with Crippen molar-refractivity contribution in [1.29, 1.82) is 0 Å². The second-order valence-electron chi connectivity index (χ2n) is 8.39. The molecule has 0 aromatic carbocycles. The Hall–Kier alpha value is -1.25. The van der Waals surface area contributed by atoms with Gasteiger partial charge in [0.25, 0.3) is 0 Å². The molecule has 1 unspecified atom stereocenters. The van der Waals surface area contributed by atoms with Gasteiger partial charge >= 0.3 is 5.97 Å². The summed E-state index contributed by atoms with van der Waals surface area (Å²) in [5.41, 5.74) is 0.0999. The van der Waals surface area contributed by atoms with Gasteiger partial charge in [0.05, 0.1) is 17.7 Å². The first-order chi connectivity index (χ1) is 12.0. The van der Waals surface area contributed by atoms with E-state index in [1.165, 1.54) is 11.3 Å². The maximum absolute atomic E-state index is 12.2. The zero-order valence-corrected chi connectivity index (χ0v) is 18.2. The van der Waals surface area contributed by atoms with E-state index in [1.54, 1.807) is 5.38 Å². The molecule has 1 aliphatic rings. The van der Waals surface area contributed by atoms with Crippen LogP contribution in [0.4, 0.5) is 0 Å². The van der Waals surface area contributed by atoms with E-state index in [0.717, 1.165) is 17.8 Å². The van der Waals surface area contributed by atoms with E-state index in [0.29, 0.717) is 26.0 Å². The highest BCUT2D eigenvalue weighted by molar-refractivity contribution is 7.09. The molecule has 1 N–H and O–H groups in total. The third kappa shape index (κ3) is 5.14. The normalized spacial score (nSPS) is 18.6. The van der Waals surface area contributed by atoms with Crippen molar-refractivity contribution in [1.82, 2.24) is 9.88 Å². The molecule has 0 saturated carbocycles. The summed E-state index contributed by atoms with van der Waals surface area (Å²) in [5, 5.41) is 11.5. The van der Waals surface area contributed by atoms with Gasteiger partial charge in [-0.25, -0.2) is 9.78 Å². The fraction of sp³-hybridized carbons (Fsp3) is 0.722. The number of carboxylic acids is 1. The predicted octanol–water partition coefficient (Wildman–Crippen LogP) is 3.79. The molecule has 0 radical (unpaired) electrons. The van der Waals surface area contributed by atoms with Gasteiger partial charge < -0.3 is 14.4 Å². The third-order valence-electron chi connectivity index (χ3n) is 5.46. The van der Waals surface area contributed by atoms with Crippen LogP contribution in [0, 0.1) is 0 Å². The molecule has 1 atom stereocenters. The van der Waals surface area contributed by atoms with Crippen molar-refractivity contribution < 1.29 is 19.1 Å². The maximum Gasteiger partial charge on any atom is 0.355 e. The second-order valence-corrected chi connectivity index (χ2v) is 14.1. The molecule has 146 valence electrons. The maximum atomic E-state index is 12.2. The lowest BCUT2D eigenvalue weighted by Gasteiger charge is -2.38. The van der Waals surface area contributed by atoms with Gasteiger partial charge in [-0.3, -0.25) is 4.79 Å². The van der Waals surface area contributed by atoms with E-state index in [4.69, 9.17) is 9.53 Å². The summed E-state index contributed by atoms with van der Waals surface area (Å²) in [5.74, 6) is -0.802. The number of aromatic nitrogens is 1. The summed E-state index contributed by atoms with van der Waals surface area (Å²) in [7, 11) is -1.82. The Bertz CT molecular complexity index is 654. The molecule has 1 saturated heterocycles. The van der Waals surface area contributed by atoms with E-state index < -0.39 is 14.3 Å². The number of carbonyl (C=O) groups is 2. The van der Waals surface area contributed by atoms with Crippen LogP contribution in [0.3, 0.4) is 0 Å². The Morgan fingerprint density at radius 2 is 2.15 bits per heavy atom. The molecule has 1 aliphatic heterocycles. The first-order valence-electron chi connectivity index (χ1n) is 9.12. The number of aryl methyl sites for hydroxylation is 1. The first-order valence-corrected chi connectivity index (χ1v) is 12.9. The van der Waals surface area contributed by atoms with Crippen molar-refractivity contribution in [3.63, 3.8) is 0 Å². The highest BCUT2D eigenvalue weighted by Crippen LogP contribution is 2.37. The molecule has 2 rings (SSSR count). The van der Waals surface area contributed by atoms with E-state index in [-0.39, 0.29) is 22.7 Å². The number of rotatable bonds is 8. The minimum atomic E-state index is -1.82. The van der Waals surface area contributed by atoms with Gasteiger partial charge in [-0.1, -0.05) is 20.8 Å². The fourth-order valence-electron chi connectivity index (χ4n) is 2.72. The lowest BCUT2D eigenvalue weighted by atomic mass is 10.2. The zero-order valence-electron chi connectivity index (χ0n) is 16.4. The molecular formula is C18H30N2O4SSi. The summed E-state index contributed by atoms with van der Waals surface area (Å²) in [4.78, 5) is 29.2. The molecule has 8 heteroatoms. The number of carboxylic acid groups (broad SMARTS) is 1. The van der Waals surface area contributed by atoms with Gasteiger partial charge in [0.2, 0.25) is 5.91 Å². The van der Waals surface area contributed by atoms with E-state index in [1.807, 2.05) is 4.90 Å². The van der Waals surface area contributed by atoms with Gasteiger partial charge in [-0.05, 0) is 31.0 Å². The lowest BCUT2D eigenvalue weighted by molar-refractivity contribution is -0.129. The quantitative estimate of drug-likeness (QED) is 0.674. The van der Waals surface area contributed by atoms with Crippen molar-refractivity contribution in [3.8, 4) is 0 Å². The molecule has 1 amide bonds. The number of likely N-dealkylation sites (tertiary alicyclic amines) is 1. The summed E-state index contributed by atoms with van der Waals surface area (Å²) in [6, 6.07) is 0.155. The molecule has 1 aromatic rings. The number of amides is 1. The predicted molar refractivity (Wildman–Crippen MR) is 105 cm³/mol. The Labute approximate surface area is 160 Å². The van der Waals surface area contributed by atoms with E-state index >= 15 is 0 Å². The van der Waals surface area contributed by atoms with Crippen LogP contribution in [-0.2, 0) is 15.6 Å². The van der Waals surface area contributed by atoms with E-state index in [9.17, 15) is 9.59 Å². The largest absolute Gasteiger partial charge is 0.476 e. The molecule has 2 heterocycles. The molecule has 0 spiro atoms. The van der Waals surface area contributed by atoms with Crippen LogP contribution in [-0.4, -0.2) is 54.4 Å². The van der Waals surface area contributed by atoms with Crippen LogP contribution in [0.1, 0.15) is 55.5 Å². The van der Waals surface area contributed by atoms with Gasteiger partial charge in [0.15, 0.2) is 14.0 Å². The van der Waals surface area contributed by atoms with Crippen molar-refractivity contribution in [3.05, 3.63) is 16.1 Å². The molecule has 0 aliphatic carbocycles. The molecule has 26 heavy (non-hydrogen) atoms. The van der Waals surface area contributed by atoms with Crippen LogP contribution in [0.25, 0.3) is 0 Å². The van der Waals surface area contributed by atoms with Crippen molar-refractivity contribution in [2.75, 3.05) is 13.2 Å². The minimum Gasteiger partial charge on any atom is -0.476 e. The van der Waals surface area contributed by atoms with E-state index in [2.05, 4.69) is 38.8 Å². The molecule has 1 fully saturated rings. The first kappa shape index (κ1) is 21.1. The molecule has 0 bridgehead atoms. The van der Waals surface area contributed by atoms with Crippen molar-refractivity contribution in [2.24, 2.45) is 0 Å². The standard InChI is InChI=1S/C18H30N2O4SSi/c1-18(2,3)26(4,5)24-11-13-8-9-16(21)20(13)10-6-7-15-19-14(12-25-15)17(22)23/h12-13H,6-11H2,1-5H3,(H,22,23). The van der Waals surface area contributed by atoms with Gasteiger partial charge in [0, 0.05) is 24.8 Å². The van der Waals surface area contributed by atoms with Crippen LogP contribution in [0.15, 0.2) is 5.38 Å².